The zero-order chi connectivity index (χ0) is 11.7. The minimum atomic E-state index is -0.666. The fourth-order valence-corrected chi connectivity index (χ4v) is 1.38. The van der Waals surface area contributed by atoms with Gasteiger partial charge in [-0.1, -0.05) is 0 Å². The first kappa shape index (κ1) is 10.5. The van der Waals surface area contributed by atoms with Crippen molar-refractivity contribution in [2.75, 3.05) is 5.73 Å². The lowest BCUT2D eigenvalue weighted by Gasteiger charge is -2.05. The minimum absolute atomic E-state index is 0.0545. The predicted octanol–water partition coefficient (Wildman–Crippen LogP) is 2.31. The second-order valence-electron chi connectivity index (χ2n) is 3.38. The SMILES string of the molecule is Cc1cc(-c2ccnc(N)n2)c(F)cc1F. The second-order valence-corrected chi connectivity index (χ2v) is 3.38. The molecule has 0 aliphatic heterocycles. The van der Waals surface area contributed by atoms with Crippen LogP contribution in [-0.4, -0.2) is 9.97 Å². The number of halogens is 2. The number of aryl methyl sites for hydroxylation is 1. The van der Waals surface area contributed by atoms with E-state index in [1.165, 1.54) is 18.3 Å². The molecule has 0 aliphatic carbocycles. The zero-order valence-corrected chi connectivity index (χ0v) is 8.54. The molecule has 0 fully saturated rings. The van der Waals surface area contributed by atoms with Crippen LogP contribution in [0.1, 0.15) is 5.56 Å². The molecule has 2 aromatic rings. The Morgan fingerprint density at radius 1 is 1.19 bits per heavy atom. The number of benzene rings is 1. The molecule has 0 bridgehead atoms. The Morgan fingerprint density at radius 2 is 1.94 bits per heavy atom. The molecule has 0 aliphatic rings. The quantitative estimate of drug-likeness (QED) is 0.803. The summed E-state index contributed by atoms with van der Waals surface area (Å²) in [6, 6.07) is 3.75. The van der Waals surface area contributed by atoms with E-state index < -0.39 is 11.6 Å². The van der Waals surface area contributed by atoms with Crippen molar-refractivity contribution in [3.63, 3.8) is 0 Å². The first-order valence-corrected chi connectivity index (χ1v) is 4.62. The highest BCUT2D eigenvalue weighted by atomic mass is 19.1. The van der Waals surface area contributed by atoms with Gasteiger partial charge in [0.25, 0.3) is 0 Å². The molecule has 0 amide bonds. The minimum Gasteiger partial charge on any atom is -0.368 e. The first-order valence-electron chi connectivity index (χ1n) is 4.62. The molecule has 0 unspecified atom stereocenters. The van der Waals surface area contributed by atoms with Crippen molar-refractivity contribution in [2.24, 2.45) is 0 Å². The van der Waals surface area contributed by atoms with Gasteiger partial charge in [-0.25, -0.2) is 18.7 Å². The van der Waals surface area contributed by atoms with Crippen LogP contribution in [0.3, 0.4) is 0 Å². The molecule has 5 heteroatoms. The van der Waals surface area contributed by atoms with Gasteiger partial charge in [0.1, 0.15) is 11.6 Å². The van der Waals surface area contributed by atoms with Crippen molar-refractivity contribution >= 4 is 5.95 Å². The van der Waals surface area contributed by atoms with Crippen LogP contribution in [0.25, 0.3) is 11.3 Å². The van der Waals surface area contributed by atoms with E-state index in [0.29, 0.717) is 11.3 Å². The van der Waals surface area contributed by atoms with Crippen molar-refractivity contribution in [1.82, 2.24) is 9.97 Å². The first-order chi connectivity index (χ1) is 7.58. The second kappa shape index (κ2) is 3.84. The van der Waals surface area contributed by atoms with Crippen LogP contribution in [0.2, 0.25) is 0 Å². The lowest BCUT2D eigenvalue weighted by molar-refractivity contribution is 0.579. The average Bonchev–Trinajstić information content (AvgIpc) is 2.23. The molecule has 2 rings (SSSR count). The van der Waals surface area contributed by atoms with Gasteiger partial charge in [-0.3, -0.25) is 0 Å². The van der Waals surface area contributed by atoms with Gasteiger partial charge >= 0.3 is 0 Å². The summed E-state index contributed by atoms with van der Waals surface area (Å²) in [5.74, 6) is -1.19. The Balaban J connectivity index is 2.60. The molecule has 0 atom stereocenters. The van der Waals surface area contributed by atoms with Gasteiger partial charge in [0.05, 0.1) is 5.69 Å². The summed E-state index contributed by atoms with van der Waals surface area (Å²) >= 11 is 0. The number of aromatic nitrogens is 2. The van der Waals surface area contributed by atoms with Crippen molar-refractivity contribution in [1.29, 1.82) is 0 Å². The zero-order valence-electron chi connectivity index (χ0n) is 8.54. The molecule has 82 valence electrons. The third kappa shape index (κ3) is 1.84. The summed E-state index contributed by atoms with van der Waals surface area (Å²) < 4.78 is 26.6. The Hall–Kier alpha value is -2.04. The van der Waals surface area contributed by atoms with Crippen molar-refractivity contribution in [3.8, 4) is 11.3 Å². The van der Waals surface area contributed by atoms with Gasteiger partial charge in [-0.15, -0.1) is 0 Å². The molecule has 1 aromatic heterocycles. The number of nitrogens with zero attached hydrogens (tertiary/aromatic N) is 2. The number of hydrogen-bond acceptors (Lipinski definition) is 3. The van der Waals surface area contributed by atoms with E-state index >= 15 is 0 Å². The summed E-state index contributed by atoms with van der Waals surface area (Å²) in [6.45, 7) is 1.56. The predicted molar refractivity (Wildman–Crippen MR) is 56.5 cm³/mol. The maximum absolute atomic E-state index is 13.5. The van der Waals surface area contributed by atoms with Crippen LogP contribution in [0.5, 0.6) is 0 Å². The normalized spacial score (nSPS) is 10.4. The highest BCUT2D eigenvalue weighted by Crippen LogP contribution is 2.23. The van der Waals surface area contributed by atoms with E-state index in [4.69, 9.17) is 5.73 Å². The molecule has 2 N–H and O–H groups in total. The van der Waals surface area contributed by atoms with Crippen LogP contribution in [0, 0.1) is 18.6 Å². The highest BCUT2D eigenvalue weighted by Gasteiger charge is 2.10. The van der Waals surface area contributed by atoms with Crippen LogP contribution in [-0.2, 0) is 0 Å². The van der Waals surface area contributed by atoms with Crippen molar-refractivity contribution in [3.05, 3.63) is 41.6 Å². The van der Waals surface area contributed by atoms with Crippen LogP contribution >= 0.6 is 0 Å². The van der Waals surface area contributed by atoms with Gasteiger partial charge in [-0.05, 0) is 24.6 Å². The fraction of sp³-hybridized carbons (Fsp3) is 0.0909. The molecule has 0 saturated heterocycles. The van der Waals surface area contributed by atoms with E-state index in [1.807, 2.05) is 0 Å². The molecular weight excluding hydrogens is 212 g/mol. The van der Waals surface area contributed by atoms with Crippen molar-refractivity contribution < 1.29 is 8.78 Å². The lowest BCUT2D eigenvalue weighted by atomic mass is 10.1. The number of hydrogen-bond donors (Lipinski definition) is 1. The third-order valence-electron chi connectivity index (χ3n) is 2.20. The lowest BCUT2D eigenvalue weighted by Crippen LogP contribution is -1.97. The topological polar surface area (TPSA) is 51.8 Å². The standard InChI is InChI=1S/C11H9F2N3/c1-6-4-7(9(13)5-8(6)12)10-2-3-15-11(14)16-10/h2-5H,1H3,(H2,14,15,16). The third-order valence-corrected chi connectivity index (χ3v) is 2.20. The van der Waals surface area contributed by atoms with E-state index in [9.17, 15) is 8.78 Å². The summed E-state index contributed by atoms with van der Waals surface area (Å²) in [5, 5.41) is 0. The molecule has 0 saturated carbocycles. The van der Waals surface area contributed by atoms with E-state index in [0.717, 1.165) is 6.07 Å². The van der Waals surface area contributed by atoms with Crippen molar-refractivity contribution in [2.45, 2.75) is 6.92 Å². The smallest absolute Gasteiger partial charge is 0.220 e. The Labute approximate surface area is 91.0 Å². The number of rotatable bonds is 1. The molecule has 1 heterocycles. The molecule has 16 heavy (non-hydrogen) atoms. The maximum atomic E-state index is 13.5. The fourth-order valence-electron chi connectivity index (χ4n) is 1.38. The number of nitrogens with two attached hydrogens (primary N) is 1. The van der Waals surface area contributed by atoms with Crippen LogP contribution < -0.4 is 5.73 Å². The van der Waals surface area contributed by atoms with Crippen LogP contribution in [0.15, 0.2) is 24.4 Å². The van der Waals surface area contributed by atoms with Gasteiger partial charge in [-0.2, -0.15) is 0 Å². The Bertz CT molecular complexity index is 541. The van der Waals surface area contributed by atoms with Gasteiger partial charge in [0.2, 0.25) is 5.95 Å². The summed E-state index contributed by atoms with van der Waals surface area (Å²) in [5.41, 5.74) is 6.31. The van der Waals surface area contributed by atoms with Gasteiger partial charge in [0, 0.05) is 17.8 Å². The summed E-state index contributed by atoms with van der Waals surface area (Å²) in [4.78, 5) is 7.58. The number of anilines is 1. The summed E-state index contributed by atoms with van der Waals surface area (Å²) in [7, 11) is 0. The monoisotopic (exact) mass is 221 g/mol. The molecular formula is C11H9F2N3. The Kier molecular flexibility index (Phi) is 2.52. The number of nitrogen functional groups attached to an aromatic ring is 1. The van der Waals surface area contributed by atoms with E-state index in [2.05, 4.69) is 9.97 Å². The highest BCUT2D eigenvalue weighted by molar-refractivity contribution is 5.61. The van der Waals surface area contributed by atoms with E-state index in [-0.39, 0.29) is 11.5 Å². The Morgan fingerprint density at radius 3 is 2.62 bits per heavy atom. The van der Waals surface area contributed by atoms with Crippen LogP contribution in [0.4, 0.5) is 14.7 Å². The van der Waals surface area contributed by atoms with Gasteiger partial charge in [0.15, 0.2) is 0 Å². The molecule has 1 aromatic carbocycles. The molecule has 0 radical (unpaired) electrons. The average molecular weight is 221 g/mol. The van der Waals surface area contributed by atoms with Gasteiger partial charge < -0.3 is 5.73 Å². The molecule has 0 spiro atoms. The largest absolute Gasteiger partial charge is 0.368 e. The molecule has 3 nitrogen and oxygen atoms in total. The van der Waals surface area contributed by atoms with E-state index in [1.54, 1.807) is 6.92 Å². The maximum Gasteiger partial charge on any atom is 0.220 e. The summed E-state index contributed by atoms with van der Waals surface area (Å²) in [6.07, 6.45) is 1.43.